The van der Waals surface area contributed by atoms with Crippen LogP contribution in [0.5, 0.6) is 0 Å². The van der Waals surface area contributed by atoms with Crippen LogP contribution in [0, 0.1) is 0 Å². The van der Waals surface area contributed by atoms with Crippen molar-refractivity contribution < 1.29 is 9.22 Å². The number of carbonyl (C=O) groups excluding carboxylic acids is 1. The van der Waals surface area contributed by atoms with Gasteiger partial charge in [0.15, 0.2) is 0 Å². The molecule has 0 fully saturated rings. The van der Waals surface area contributed by atoms with E-state index >= 15 is 0 Å². The molecule has 0 atom stereocenters. The van der Waals surface area contributed by atoms with Crippen molar-refractivity contribution in [2.75, 3.05) is 6.54 Å². The first kappa shape index (κ1) is 13.5. The van der Waals surface area contributed by atoms with E-state index in [-0.39, 0.29) is 18.4 Å². The van der Waals surface area contributed by atoms with Gasteiger partial charge in [0, 0.05) is 6.54 Å². The highest BCUT2D eigenvalue weighted by atomic mass is 35.5. The fraction of sp³-hybridized carbons (Fsp3) is 0.833. The molecule has 5 heteroatoms. The Morgan fingerprint density at radius 1 is 1.45 bits per heavy atom. The highest BCUT2D eigenvalue weighted by Crippen LogP contribution is 2.03. The van der Waals surface area contributed by atoms with E-state index < -0.39 is 8.32 Å². The third-order valence-electron chi connectivity index (χ3n) is 0.768. The minimum absolute atomic E-state index is 0. The predicted molar refractivity (Wildman–Crippen MR) is 50.4 cm³/mol. The van der Waals surface area contributed by atoms with E-state index in [1.807, 2.05) is 19.6 Å². The van der Waals surface area contributed by atoms with Gasteiger partial charge in [0.2, 0.25) is 8.32 Å². The first-order valence-electron chi connectivity index (χ1n) is 3.37. The van der Waals surface area contributed by atoms with Gasteiger partial charge in [-0.1, -0.05) is 0 Å². The quantitative estimate of drug-likeness (QED) is 0.691. The van der Waals surface area contributed by atoms with E-state index in [1.165, 1.54) is 0 Å². The van der Waals surface area contributed by atoms with E-state index in [9.17, 15) is 4.79 Å². The van der Waals surface area contributed by atoms with Gasteiger partial charge in [-0.2, -0.15) is 0 Å². The molecule has 0 aromatic rings. The van der Waals surface area contributed by atoms with Gasteiger partial charge in [-0.05, 0) is 19.6 Å². The number of halogens is 1. The first-order chi connectivity index (χ1) is 4.45. The van der Waals surface area contributed by atoms with Gasteiger partial charge in [0.25, 0.3) is 5.97 Å². The number of hydrogen-bond acceptors (Lipinski definition) is 3. The van der Waals surface area contributed by atoms with Crippen molar-refractivity contribution >= 4 is 26.7 Å². The van der Waals surface area contributed by atoms with Crippen LogP contribution in [0.4, 0.5) is 0 Å². The lowest BCUT2D eigenvalue weighted by atomic mass is 10.5. The fourth-order valence-corrected chi connectivity index (χ4v) is 1.30. The molecule has 0 rings (SSSR count). The van der Waals surface area contributed by atoms with Gasteiger partial charge in [-0.15, -0.1) is 12.4 Å². The molecule has 0 bridgehead atoms. The van der Waals surface area contributed by atoms with Crippen LogP contribution in [0.15, 0.2) is 0 Å². The second kappa shape index (κ2) is 5.57. The minimum atomic E-state index is -1.66. The fourth-order valence-electron chi connectivity index (χ4n) is 0.510. The van der Waals surface area contributed by atoms with E-state index in [0.29, 0.717) is 13.0 Å². The molecule has 0 aliphatic heterocycles. The second-order valence-corrected chi connectivity index (χ2v) is 7.55. The Balaban J connectivity index is 0. The number of nitrogens with two attached hydrogens (primary N) is 1. The van der Waals surface area contributed by atoms with Crippen LogP contribution >= 0.6 is 12.4 Å². The van der Waals surface area contributed by atoms with Crippen molar-refractivity contribution in [1.82, 2.24) is 0 Å². The number of hydrogen-bond donors (Lipinski definition) is 1. The third-order valence-corrected chi connectivity index (χ3v) is 1.61. The smallest absolute Gasteiger partial charge is 0.293 e. The highest BCUT2D eigenvalue weighted by Gasteiger charge is 2.18. The Morgan fingerprint density at radius 3 is 2.18 bits per heavy atom. The van der Waals surface area contributed by atoms with Crippen molar-refractivity contribution in [3.63, 3.8) is 0 Å². The second-order valence-electron chi connectivity index (χ2n) is 3.13. The minimum Gasteiger partial charge on any atom is -0.520 e. The lowest BCUT2D eigenvalue weighted by Gasteiger charge is -2.16. The lowest BCUT2D eigenvalue weighted by Crippen LogP contribution is -2.30. The molecule has 0 spiro atoms. The molecule has 0 aliphatic rings. The van der Waals surface area contributed by atoms with Crippen LogP contribution in [-0.2, 0) is 9.22 Å². The molecule has 0 radical (unpaired) electrons. The largest absolute Gasteiger partial charge is 0.520 e. The number of rotatable bonds is 3. The van der Waals surface area contributed by atoms with Crippen LogP contribution in [0.25, 0.3) is 0 Å². The summed E-state index contributed by atoms with van der Waals surface area (Å²) in [4.78, 5) is 10.8. The standard InChI is InChI=1S/C6H15NO2Si.ClH/c1-10(2,3)9-6(8)4-5-7;/h4-5,7H2,1-3H3;1H. The Bertz CT molecular complexity index is 124. The number of carbonyl (C=O) groups is 1. The summed E-state index contributed by atoms with van der Waals surface area (Å²) in [5.74, 6) is -0.165. The summed E-state index contributed by atoms with van der Waals surface area (Å²) in [6, 6.07) is 0. The molecule has 0 aromatic carbocycles. The van der Waals surface area contributed by atoms with Crippen molar-refractivity contribution in [3.05, 3.63) is 0 Å². The van der Waals surface area contributed by atoms with Crippen LogP contribution in [0.1, 0.15) is 6.42 Å². The highest BCUT2D eigenvalue weighted by molar-refractivity contribution is 6.71. The van der Waals surface area contributed by atoms with Crippen molar-refractivity contribution in [1.29, 1.82) is 0 Å². The summed E-state index contributed by atoms with van der Waals surface area (Å²) in [6.45, 7) is 6.30. The molecule has 0 unspecified atom stereocenters. The molecule has 68 valence electrons. The monoisotopic (exact) mass is 197 g/mol. The van der Waals surface area contributed by atoms with E-state index in [1.54, 1.807) is 0 Å². The summed E-state index contributed by atoms with van der Waals surface area (Å²) in [7, 11) is -1.66. The van der Waals surface area contributed by atoms with E-state index in [2.05, 4.69) is 0 Å². The average Bonchev–Trinajstić information content (AvgIpc) is 1.59. The van der Waals surface area contributed by atoms with Crippen LogP contribution in [0.2, 0.25) is 19.6 Å². The molecule has 0 heterocycles. The maximum Gasteiger partial charge on any atom is 0.293 e. The summed E-state index contributed by atoms with van der Waals surface area (Å²) >= 11 is 0. The Labute approximate surface area is 74.8 Å². The SMILES string of the molecule is C[Si](C)(C)OC(=O)CCN.Cl. The lowest BCUT2D eigenvalue weighted by molar-refractivity contribution is -0.134. The predicted octanol–water partition coefficient (Wildman–Crippen LogP) is 1.14. The molecular weight excluding hydrogens is 182 g/mol. The van der Waals surface area contributed by atoms with Gasteiger partial charge in [0.1, 0.15) is 0 Å². The molecule has 2 N–H and O–H groups in total. The molecule has 0 saturated heterocycles. The summed E-state index contributed by atoms with van der Waals surface area (Å²) in [6.07, 6.45) is 0.338. The Hall–Kier alpha value is -0.0631. The zero-order valence-corrected chi connectivity index (χ0v) is 9.03. The third kappa shape index (κ3) is 9.94. The van der Waals surface area contributed by atoms with Crippen molar-refractivity contribution in [2.24, 2.45) is 5.73 Å². The normalized spacial score (nSPS) is 10.2. The molecule has 0 aromatic heterocycles. The topological polar surface area (TPSA) is 52.3 Å². The molecule has 0 aliphatic carbocycles. The maximum atomic E-state index is 10.8. The zero-order valence-electron chi connectivity index (χ0n) is 7.22. The van der Waals surface area contributed by atoms with Crippen molar-refractivity contribution in [3.8, 4) is 0 Å². The van der Waals surface area contributed by atoms with Crippen molar-refractivity contribution in [2.45, 2.75) is 26.1 Å². The van der Waals surface area contributed by atoms with E-state index in [4.69, 9.17) is 10.2 Å². The van der Waals surface area contributed by atoms with E-state index in [0.717, 1.165) is 0 Å². The zero-order chi connectivity index (χ0) is 8.20. The summed E-state index contributed by atoms with van der Waals surface area (Å²) in [5, 5.41) is 0. The van der Waals surface area contributed by atoms with Crippen LogP contribution in [-0.4, -0.2) is 20.8 Å². The van der Waals surface area contributed by atoms with Gasteiger partial charge in [0.05, 0.1) is 6.42 Å². The maximum absolute atomic E-state index is 10.8. The molecule has 0 amide bonds. The average molecular weight is 198 g/mol. The summed E-state index contributed by atoms with van der Waals surface area (Å²) < 4.78 is 5.10. The molecular formula is C6H16ClNO2Si. The molecule has 0 saturated carbocycles. The first-order valence-corrected chi connectivity index (χ1v) is 6.78. The van der Waals surface area contributed by atoms with Gasteiger partial charge in [-0.25, -0.2) is 0 Å². The van der Waals surface area contributed by atoms with Gasteiger partial charge in [-0.3, -0.25) is 4.79 Å². The van der Waals surface area contributed by atoms with Crippen LogP contribution in [0.3, 0.4) is 0 Å². The van der Waals surface area contributed by atoms with Gasteiger partial charge >= 0.3 is 0 Å². The Kier molecular flexibility index (Phi) is 6.85. The molecule has 3 nitrogen and oxygen atoms in total. The molecule has 11 heavy (non-hydrogen) atoms. The van der Waals surface area contributed by atoms with Gasteiger partial charge < -0.3 is 10.2 Å². The summed E-state index contributed by atoms with van der Waals surface area (Å²) in [5.41, 5.74) is 5.16. The Morgan fingerprint density at radius 2 is 1.91 bits per heavy atom. The van der Waals surface area contributed by atoms with Crippen LogP contribution < -0.4 is 5.73 Å².